The van der Waals surface area contributed by atoms with Crippen LogP contribution in [0.5, 0.6) is 0 Å². The van der Waals surface area contributed by atoms with E-state index in [2.05, 4.69) is 39.4 Å². The van der Waals surface area contributed by atoms with Crippen molar-refractivity contribution >= 4 is 21.7 Å². The van der Waals surface area contributed by atoms with Gasteiger partial charge in [0.2, 0.25) is 10.0 Å². The number of anilines is 1. The monoisotopic (exact) mass is 421 g/mol. The normalized spacial score (nSPS) is 12.2. The van der Waals surface area contributed by atoms with Crippen LogP contribution in [0.15, 0.2) is 39.8 Å². The summed E-state index contributed by atoms with van der Waals surface area (Å²) in [4.78, 5) is 4.56. The van der Waals surface area contributed by atoms with Crippen molar-refractivity contribution in [2.75, 3.05) is 17.5 Å². The Balaban J connectivity index is 2.06. The molecule has 0 amide bonds. The maximum Gasteiger partial charge on any atom is 0.229 e. The minimum absolute atomic E-state index is 0.323. The van der Waals surface area contributed by atoms with Crippen molar-refractivity contribution in [1.29, 1.82) is 0 Å². The van der Waals surface area contributed by atoms with Gasteiger partial charge in [0, 0.05) is 18.5 Å². The summed E-state index contributed by atoms with van der Waals surface area (Å²) in [5.41, 5.74) is 2.29. The third-order valence-electron chi connectivity index (χ3n) is 4.48. The Bertz CT molecular complexity index is 904. The standard InChI is InChI=1S/C20H31N5O3S/c1-5-15(6-2)19-12-17(28-24-19)14-23-20(21-7-3)22-13-16-10-8-9-11-18(16)25-29(4,26)27/h8-12,15,25H,5-7,13-14H2,1-4H3,(H2,21,22,23). The first-order valence-electron chi connectivity index (χ1n) is 9.89. The van der Waals surface area contributed by atoms with Crippen LogP contribution in [0.3, 0.4) is 0 Å². The molecule has 29 heavy (non-hydrogen) atoms. The van der Waals surface area contributed by atoms with E-state index in [0.717, 1.165) is 36.1 Å². The number of hydrogen-bond donors (Lipinski definition) is 3. The summed E-state index contributed by atoms with van der Waals surface area (Å²) in [6, 6.07) is 9.19. The van der Waals surface area contributed by atoms with Crippen LogP contribution in [0, 0.1) is 0 Å². The number of rotatable bonds is 10. The SMILES string of the molecule is CCNC(=NCc1ccccc1NS(C)(=O)=O)NCc1cc(C(CC)CC)no1. The van der Waals surface area contributed by atoms with E-state index in [1.807, 2.05) is 25.1 Å². The molecular weight excluding hydrogens is 390 g/mol. The van der Waals surface area contributed by atoms with Gasteiger partial charge in [0.25, 0.3) is 0 Å². The van der Waals surface area contributed by atoms with Gasteiger partial charge in [0.15, 0.2) is 11.7 Å². The number of nitrogens with one attached hydrogen (secondary N) is 3. The molecule has 0 bridgehead atoms. The van der Waals surface area contributed by atoms with Gasteiger partial charge in [-0.2, -0.15) is 0 Å². The number of nitrogens with zero attached hydrogens (tertiary/aromatic N) is 2. The zero-order valence-corrected chi connectivity index (χ0v) is 18.3. The topological polar surface area (TPSA) is 109 Å². The van der Waals surface area contributed by atoms with E-state index in [1.54, 1.807) is 12.1 Å². The second kappa shape index (κ2) is 10.8. The molecule has 0 spiro atoms. The number of hydrogen-bond acceptors (Lipinski definition) is 5. The molecule has 0 aliphatic heterocycles. The van der Waals surface area contributed by atoms with Crippen molar-refractivity contribution < 1.29 is 12.9 Å². The summed E-state index contributed by atoms with van der Waals surface area (Å²) in [6.45, 7) is 7.76. The van der Waals surface area contributed by atoms with Crippen molar-refractivity contribution in [2.45, 2.75) is 52.6 Å². The van der Waals surface area contributed by atoms with E-state index in [4.69, 9.17) is 4.52 Å². The largest absolute Gasteiger partial charge is 0.359 e. The van der Waals surface area contributed by atoms with Crippen LogP contribution in [-0.2, 0) is 23.1 Å². The summed E-state index contributed by atoms with van der Waals surface area (Å²) in [7, 11) is -3.35. The van der Waals surface area contributed by atoms with Gasteiger partial charge in [0.1, 0.15) is 0 Å². The van der Waals surface area contributed by atoms with Crippen LogP contribution in [-0.4, -0.2) is 32.3 Å². The van der Waals surface area contributed by atoms with Crippen molar-refractivity contribution in [2.24, 2.45) is 4.99 Å². The molecule has 0 aliphatic carbocycles. The average Bonchev–Trinajstić information content (AvgIpc) is 3.13. The van der Waals surface area contributed by atoms with Gasteiger partial charge in [-0.05, 0) is 31.4 Å². The summed E-state index contributed by atoms with van der Waals surface area (Å²) >= 11 is 0. The van der Waals surface area contributed by atoms with Crippen LogP contribution >= 0.6 is 0 Å². The quantitative estimate of drug-likeness (QED) is 0.401. The van der Waals surface area contributed by atoms with E-state index in [9.17, 15) is 8.42 Å². The maximum atomic E-state index is 11.6. The molecular formula is C20H31N5O3S. The fourth-order valence-electron chi connectivity index (χ4n) is 2.95. The number of aromatic nitrogens is 1. The first-order chi connectivity index (χ1) is 13.9. The van der Waals surface area contributed by atoms with E-state index in [0.29, 0.717) is 37.2 Å². The third-order valence-corrected chi connectivity index (χ3v) is 5.07. The van der Waals surface area contributed by atoms with Crippen molar-refractivity contribution in [3.8, 4) is 0 Å². The number of sulfonamides is 1. The van der Waals surface area contributed by atoms with Crippen LogP contribution in [0.1, 0.15) is 56.5 Å². The Hall–Kier alpha value is -2.55. The molecule has 0 atom stereocenters. The number of benzene rings is 1. The molecule has 160 valence electrons. The Labute approximate surface area is 173 Å². The molecule has 9 heteroatoms. The lowest BCUT2D eigenvalue weighted by atomic mass is 9.99. The van der Waals surface area contributed by atoms with Gasteiger partial charge in [-0.1, -0.05) is 37.2 Å². The minimum Gasteiger partial charge on any atom is -0.359 e. The van der Waals surface area contributed by atoms with Gasteiger partial charge in [-0.3, -0.25) is 4.72 Å². The molecule has 2 rings (SSSR count). The molecule has 0 aliphatic rings. The van der Waals surface area contributed by atoms with Crippen molar-refractivity contribution in [1.82, 2.24) is 15.8 Å². The molecule has 1 aromatic carbocycles. The average molecular weight is 422 g/mol. The lowest BCUT2D eigenvalue weighted by Gasteiger charge is -2.12. The predicted octanol–water partition coefficient (Wildman–Crippen LogP) is 3.21. The Kier molecular flexibility index (Phi) is 8.50. The van der Waals surface area contributed by atoms with Crippen LogP contribution in [0.4, 0.5) is 5.69 Å². The second-order valence-electron chi connectivity index (χ2n) is 6.81. The van der Waals surface area contributed by atoms with E-state index in [-0.39, 0.29) is 0 Å². The first kappa shape index (κ1) is 22.7. The molecule has 3 N–H and O–H groups in total. The predicted molar refractivity (Wildman–Crippen MR) is 116 cm³/mol. The summed E-state index contributed by atoms with van der Waals surface area (Å²) in [5, 5.41) is 10.6. The summed E-state index contributed by atoms with van der Waals surface area (Å²) < 4.78 is 31.1. The van der Waals surface area contributed by atoms with Crippen LogP contribution in [0.25, 0.3) is 0 Å². The Morgan fingerprint density at radius 3 is 2.55 bits per heavy atom. The Morgan fingerprint density at radius 1 is 1.17 bits per heavy atom. The van der Waals surface area contributed by atoms with Crippen LogP contribution in [0.2, 0.25) is 0 Å². The smallest absolute Gasteiger partial charge is 0.229 e. The molecule has 2 aromatic rings. The van der Waals surface area contributed by atoms with Crippen molar-refractivity contribution in [3.63, 3.8) is 0 Å². The van der Waals surface area contributed by atoms with Gasteiger partial charge >= 0.3 is 0 Å². The highest BCUT2D eigenvalue weighted by atomic mass is 32.2. The van der Waals surface area contributed by atoms with E-state index < -0.39 is 10.0 Å². The molecule has 0 saturated carbocycles. The number of aliphatic imine (C=N–C) groups is 1. The lowest BCUT2D eigenvalue weighted by Crippen LogP contribution is -2.36. The molecule has 1 heterocycles. The molecule has 8 nitrogen and oxygen atoms in total. The molecule has 0 radical (unpaired) electrons. The van der Waals surface area contributed by atoms with Gasteiger partial charge in [-0.15, -0.1) is 0 Å². The fraction of sp³-hybridized carbons (Fsp3) is 0.500. The van der Waals surface area contributed by atoms with Gasteiger partial charge in [0.05, 0.1) is 30.7 Å². The third kappa shape index (κ3) is 7.41. The molecule has 0 unspecified atom stereocenters. The number of guanidine groups is 1. The first-order valence-corrected chi connectivity index (χ1v) is 11.8. The van der Waals surface area contributed by atoms with Crippen molar-refractivity contribution in [3.05, 3.63) is 47.3 Å². The second-order valence-corrected chi connectivity index (χ2v) is 8.56. The molecule has 0 fully saturated rings. The molecule has 1 aromatic heterocycles. The summed E-state index contributed by atoms with van der Waals surface area (Å²) in [5.74, 6) is 1.77. The Morgan fingerprint density at radius 2 is 1.90 bits per heavy atom. The zero-order chi connectivity index (χ0) is 21.3. The number of para-hydroxylation sites is 1. The van der Waals surface area contributed by atoms with E-state index >= 15 is 0 Å². The van der Waals surface area contributed by atoms with Gasteiger partial charge in [-0.25, -0.2) is 13.4 Å². The minimum atomic E-state index is -3.35. The van der Waals surface area contributed by atoms with Crippen LogP contribution < -0.4 is 15.4 Å². The highest BCUT2D eigenvalue weighted by Gasteiger charge is 2.13. The van der Waals surface area contributed by atoms with E-state index in [1.165, 1.54) is 0 Å². The highest BCUT2D eigenvalue weighted by Crippen LogP contribution is 2.22. The zero-order valence-electron chi connectivity index (χ0n) is 17.5. The molecule has 0 saturated heterocycles. The summed E-state index contributed by atoms with van der Waals surface area (Å²) in [6.07, 6.45) is 3.19. The fourth-order valence-corrected chi connectivity index (χ4v) is 3.54. The van der Waals surface area contributed by atoms with Gasteiger partial charge < -0.3 is 15.2 Å². The maximum absolute atomic E-state index is 11.6. The highest BCUT2D eigenvalue weighted by molar-refractivity contribution is 7.92. The lowest BCUT2D eigenvalue weighted by molar-refractivity contribution is 0.368.